The highest BCUT2D eigenvalue weighted by Gasteiger charge is 2.25. The Hall–Kier alpha value is -2.92. The zero-order valence-corrected chi connectivity index (χ0v) is 13.6. The van der Waals surface area contributed by atoms with Gasteiger partial charge in [0.1, 0.15) is 12.1 Å². The zero-order valence-electron chi connectivity index (χ0n) is 13.6. The van der Waals surface area contributed by atoms with Gasteiger partial charge in [0, 0.05) is 24.3 Å². The Morgan fingerprint density at radius 3 is 2.12 bits per heavy atom. The van der Waals surface area contributed by atoms with E-state index in [1.807, 2.05) is 19.1 Å². The van der Waals surface area contributed by atoms with E-state index in [9.17, 15) is 5.26 Å². The molecule has 0 bridgehead atoms. The lowest BCUT2D eigenvalue weighted by Gasteiger charge is -2.37. The first-order valence-corrected chi connectivity index (χ1v) is 8.31. The molecule has 0 unspecified atom stereocenters. The number of aryl methyl sites for hydroxylation is 3. The third-order valence-electron chi connectivity index (χ3n) is 4.89. The predicted octanol–water partition coefficient (Wildman–Crippen LogP) is 2.89. The minimum Gasteiger partial charge on any atom is -0.371 e. The number of nitrogens with zero attached hydrogens (tertiary/aromatic N) is 5. The Bertz CT molecular complexity index is 886. The summed E-state index contributed by atoms with van der Waals surface area (Å²) in [5.74, 6) is 0. The number of benzene rings is 1. The maximum absolute atomic E-state index is 9.24. The monoisotopic (exact) mass is 315 g/mol. The van der Waals surface area contributed by atoms with Gasteiger partial charge in [0.25, 0.3) is 0 Å². The van der Waals surface area contributed by atoms with Gasteiger partial charge in [-0.05, 0) is 55.9 Å². The fourth-order valence-electron chi connectivity index (χ4n) is 3.89. The van der Waals surface area contributed by atoms with E-state index in [1.54, 1.807) is 0 Å². The Morgan fingerprint density at radius 2 is 1.54 bits per heavy atom. The van der Waals surface area contributed by atoms with Gasteiger partial charge >= 0.3 is 0 Å². The zero-order chi connectivity index (χ0) is 16.7. The fraction of sp³-hybridized carbons (Fsp3) is 0.368. The standard InChI is InChI=1S/C19H17N5/c1-12-18(23-17(11-21)16(10-20)22-12)15-8-13-4-2-6-24-7-3-5-14(9-15)19(13)24/h8-9H,2-7H2,1H3. The van der Waals surface area contributed by atoms with Gasteiger partial charge < -0.3 is 4.90 Å². The van der Waals surface area contributed by atoms with Crippen molar-refractivity contribution in [3.05, 3.63) is 40.3 Å². The summed E-state index contributed by atoms with van der Waals surface area (Å²) in [6.45, 7) is 4.14. The minimum atomic E-state index is 0.101. The maximum atomic E-state index is 9.24. The van der Waals surface area contributed by atoms with Crippen LogP contribution in [0.5, 0.6) is 0 Å². The topological polar surface area (TPSA) is 76.6 Å². The van der Waals surface area contributed by atoms with Gasteiger partial charge in [0.15, 0.2) is 11.4 Å². The average molecular weight is 315 g/mol. The molecule has 24 heavy (non-hydrogen) atoms. The van der Waals surface area contributed by atoms with Crippen molar-refractivity contribution in [2.75, 3.05) is 18.0 Å². The van der Waals surface area contributed by atoms with E-state index in [1.165, 1.54) is 29.7 Å². The Labute approximate surface area is 141 Å². The van der Waals surface area contributed by atoms with Gasteiger partial charge in [-0.2, -0.15) is 10.5 Å². The molecule has 2 aromatic rings. The first-order valence-electron chi connectivity index (χ1n) is 8.31. The summed E-state index contributed by atoms with van der Waals surface area (Å²) in [6.07, 6.45) is 4.52. The highest BCUT2D eigenvalue weighted by molar-refractivity contribution is 5.73. The van der Waals surface area contributed by atoms with Crippen molar-refractivity contribution in [1.82, 2.24) is 9.97 Å². The van der Waals surface area contributed by atoms with Gasteiger partial charge in [-0.25, -0.2) is 9.97 Å². The van der Waals surface area contributed by atoms with Crippen molar-refractivity contribution >= 4 is 5.69 Å². The van der Waals surface area contributed by atoms with Crippen molar-refractivity contribution < 1.29 is 0 Å². The van der Waals surface area contributed by atoms with Crippen LogP contribution in [0.15, 0.2) is 12.1 Å². The van der Waals surface area contributed by atoms with Crippen LogP contribution in [-0.2, 0) is 12.8 Å². The molecular formula is C19H17N5. The predicted molar refractivity (Wildman–Crippen MR) is 90.5 cm³/mol. The number of nitriles is 2. The van der Waals surface area contributed by atoms with Crippen LogP contribution < -0.4 is 4.90 Å². The average Bonchev–Trinajstić information content (AvgIpc) is 2.61. The summed E-state index contributed by atoms with van der Waals surface area (Å²) >= 11 is 0. The molecule has 5 nitrogen and oxygen atoms in total. The summed E-state index contributed by atoms with van der Waals surface area (Å²) < 4.78 is 0. The first-order chi connectivity index (χ1) is 11.7. The lowest BCUT2D eigenvalue weighted by atomic mass is 9.89. The Kier molecular flexibility index (Phi) is 3.43. The third-order valence-corrected chi connectivity index (χ3v) is 4.89. The highest BCUT2D eigenvalue weighted by Crippen LogP contribution is 2.38. The molecule has 0 aliphatic carbocycles. The van der Waals surface area contributed by atoms with E-state index in [4.69, 9.17) is 5.26 Å². The van der Waals surface area contributed by atoms with Gasteiger partial charge in [-0.15, -0.1) is 0 Å². The van der Waals surface area contributed by atoms with Crippen LogP contribution >= 0.6 is 0 Å². The van der Waals surface area contributed by atoms with E-state index in [0.29, 0.717) is 11.4 Å². The Morgan fingerprint density at radius 1 is 0.958 bits per heavy atom. The van der Waals surface area contributed by atoms with Crippen molar-refractivity contribution in [2.24, 2.45) is 0 Å². The number of rotatable bonds is 1. The second-order valence-electron chi connectivity index (χ2n) is 6.42. The van der Waals surface area contributed by atoms with Gasteiger partial charge in [-0.3, -0.25) is 0 Å². The second-order valence-corrected chi connectivity index (χ2v) is 6.42. The number of hydrogen-bond acceptors (Lipinski definition) is 5. The number of aromatic nitrogens is 2. The van der Waals surface area contributed by atoms with Crippen LogP contribution in [0.2, 0.25) is 0 Å². The van der Waals surface area contributed by atoms with Crippen molar-refractivity contribution in [2.45, 2.75) is 32.6 Å². The van der Waals surface area contributed by atoms with Crippen LogP contribution in [0, 0.1) is 29.6 Å². The molecule has 118 valence electrons. The lowest BCUT2D eigenvalue weighted by molar-refractivity contribution is 0.634. The maximum Gasteiger partial charge on any atom is 0.177 e. The normalized spacial score (nSPS) is 15.4. The molecule has 0 fully saturated rings. The quantitative estimate of drug-likeness (QED) is 0.808. The number of anilines is 1. The molecule has 0 radical (unpaired) electrons. The van der Waals surface area contributed by atoms with Crippen LogP contribution in [0.3, 0.4) is 0 Å². The number of hydrogen-bond donors (Lipinski definition) is 0. The van der Waals surface area contributed by atoms with E-state index >= 15 is 0 Å². The molecule has 1 aromatic heterocycles. The van der Waals surface area contributed by atoms with E-state index in [-0.39, 0.29) is 11.4 Å². The largest absolute Gasteiger partial charge is 0.371 e. The SMILES string of the molecule is Cc1nc(C#N)c(C#N)nc1-c1cc2c3c(c1)CCCN3CCC2. The van der Waals surface area contributed by atoms with Gasteiger partial charge in [-0.1, -0.05) is 0 Å². The van der Waals surface area contributed by atoms with Gasteiger partial charge in [0.05, 0.1) is 11.4 Å². The third kappa shape index (κ3) is 2.21. The molecule has 0 saturated heterocycles. The van der Waals surface area contributed by atoms with E-state index < -0.39 is 0 Å². The molecule has 4 rings (SSSR count). The molecule has 3 heterocycles. The van der Waals surface area contributed by atoms with Crippen LogP contribution in [0.1, 0.15) is 41.1 Å². The van der Waals surface area contributed by atoms with Crippen molar-refractivity contribution in [3.63, 3.8) is 0 Å². The smallest absolute Gasteiger partial charge is 0.177 e. The molecule has 1 aromatic carbocycles. The Balaban J connectivity index is 1.90. The molecule has 2 aliphatic heterocycles. The summed E-state index contributed by atoms with van der Waals surface area (Å²) in [5.41, 5.74) is 6.79. The van der Waals surface area contributed by atoms with E-state index in [2.05, 4.69) is 27.0 Å². The molecule has 2 aliphatic rings. The van der Waals surface area contributed by atoms with Crippen LogP contribution in [-0.4, -0.2) is 23.1 Å². The summed E-state index contributed by atoms with van der Waals surface area (Å²) in [5, 5.41) is 18.3. The molecule has 0 saturated carbocycles. The van der Waals surface area contributed by atoms with Crippen LogP contribution in [0.4, 0.5) is 5.69 Å². The molecule has 0 spiro atoms. The first kappa shape index (κ1) is 14.7. The van der Waals surface area contributed by atoms with E-state index in [0.717, 1.165) is 31.5 Å². The fourth-order valence-corrected chi connectivity index (χ4v) is 3.89. The summed E-state index contributed by atoms with van der Waals surface area (Å²) in [6, 6.07) is 8.33. The van der Waals surface area contributed by atoms with Crippen molar-refractivity contribution in [1.29, 1.82) is 10.5 Å². The molecular weight excluding hydrogens is 298 g/mol. The lowest BCUT2D eigenvalue weighted by Crippen LogP contribution is -2.34. The summed E-state index contributed by atoms with van der Waals surface area (Å²) in [4.78, 5) is 11.2. The van der Waals surface area contributed by atoms with Crippen LogP contribution in [0.25, 0.3) is 11.3 Å². The molecule has 0 atom stereocenters. The van der Waals surface area contributed by atoms with Crippen molar-refractivity contribution in [3.8, 4) is 23.4 Å². The molecule has 0 amide bonds. The molecule has 0 N–H and O–H groups in total. The van der Waals surface area contributed by atoms with Gasteiger partial charge in [0.2, 0.25) is 0 Å². The highest BCUT2D eigenvalue weighted by atomic mass is 15.1. The minimum absolute atomic E-state index is 0.101. The molecule has 5 heteroatoms. The second kappa shape index (κ2) is 5.62. The summed E-state index contributed by atoms with van der Waals surface area (Å²) in [7, 11) is 0.